The maximum atomic E-state index is 13.2. The van der Waals surface area contributed by atoms with Crippen LogP contribution in [0.1, 0.15) is 10.4 Å². The molecule has 0 amide bonds. The molecule has 22 heavy (non-hydrogen) atoms. The van der Waals surface area contributed by atoms with Gasteiger partial charge in [0.05, 0.1) is 16.1 Å². The number of rotatable bonds is 4. The van der Waals surface area contributed by atoms with E-state index in [1.54, 1.807) is 0 Å². The Balaban J connectivity index is 2.42. The minimum Gasteiger partial charge on any atom is -0.478 e. The number of hydrogen-bond acceptors (Lipinski definition) is 3. The number of anilines is 1. The highest BCUT2D eigenvalue weighted by atomic mass is 32.2. The molecule has 0 heterocycles. The molecule has 0 aliphatic carbocycles. The van der Waals surface area contributed by atoms with Gasteiger partial charge in [-0.1, -0.05) is 0 Å². The third-order valence-electron chi connectivity index (χ3n) is 2.97. The van der Waals surface area contributed by atoms with Crippen molar-refractivity contribution in [3.05, 3.63) is 59.7 Å². The van der Waals surface area contributed by atoms with Crippen molar-refractivity contribution in [3.8, 4) is 0 Å². The molecule has 0 saturated heterocycles. The highest BCUT2D eigenvalue weighted by Gasteiger charge is 2.23. The summed E-state index contributed by atoms with van der Waals surface area (Å²) in [5.41, 5.74) is 0.154. The van der Waals surface area contributed by atoms with Gasteiger partial charge in [0.2, 0.25) is 0 Å². The van der Waals surface area contributed by atoms with Gasteiger partial charge in [-0.2, -0.15) is 0 Å². The topological polar surface area (TPSA) is 74.7 Å². The van der Waals surface area contributed by atoms with Crippen LogP contribution in [-0.4, -0.2) is 26.5 Å². The van der Waals surface area contributed by atoms with Crippen LogP contribution >= 0.6 is 0 Å². The van der Waals surface area contributed by atoms with Gasteiger partial charge in [0, 0.05) is 13.1 Å². The number of aromatic carboxylic acids is 1. The first-order valence-electron chi connectivity index (χ1n) is 6.00. The Labute approximate surface area is 125 Å². The maximum absolute atomic E-state index is 13.2. The van der Waals surface area contributed by atoms with Crippen LogP contribution in [0.25, 0.3) is 0 Å². The van der Waals surface area contributed by atoms with Gasteiger partial charge in [-0.25, -0.2) is 22.0 Å². The molecule has 0 fully saturated rings. The van der Waals surface area contributed by atoms with Crippen LogP contribution in [0, 0.1) is 11.6 Å². The lowest BCUT2D eigenvalue weighted by atomic mass is 10.2. The SMILES string of the molecule is CN(c1ccc(C(=O)O)cc1)S(=O)(=O)c1cc(F)cc(F)c1. The first kappa shape index (κ1) is 15.9. The Morgan fingerprint density at radius 1 is 1.05 bits per heavy atom. The van der Waals surface area contributed by atoms with Crippen LogP contribution in [0.15, 0.2) is 47.4 Å². The molecular formula is C14H11F2NO4S. The first-order valence-corrected chi connectivity index (χ1v) is 7.44. The molecule has 8 heteroatoms. The zero-order valence-corrected chi connectivity index (χ0v) is 12.1. The van der Waals surface area contributed by atoms with Crippen LogP contribution in [-0.2, 0) is 10.0 Å². The zero-order valence-electron chi connectivity index (χ0n) is 11.3. The van der Waals surface area contributed by atoms with Gasteiger partial charge in [0.1, 0.15) is 11.6 Å². The van der Waals surface area contributed by atoms with E-state index in [1.165, 1.54) is 31.3 Å². The van der Waals surface area contributed by atoms with E-state index >= 15 is 0 Å². The Morgan fingerprint density at radius 2 is 1.55 bits per heavy atom. The monoisotopic (exact) mass is 327 g/mol. The number of carboxylic acid groups (broad SMARTS) is 1. The fourth-order valence-corrected chi connectivity index (χ4v) is 3.03. The summed E-state index contributed by atoms with van der Waals surface area (Å²) in [5, 5.41) is 8.80. The van der Waals surface area contributed by atoms with Gasteiger partial charge >= 0.3 is 5.97 Å². The van der Waals surface area contributed by atoms with Crippen molar-refractivity contribution in [1.29, 1.82) is 0 Å². The van der Waals surface area contributed by atoms with Crippen molar-refractivity contribution in [2.45, 2.75) is 4.90 Å². The fraction of sp³-hybridized carbons (Fsp3) is 0.0714. The summed E-state index contributed by atoms with van der Waals surface area (Å²) in [4.78, 5) is 10.2. The van der Waals surface area contributed by atoms with E-state index in [0.29, 0.717) is 18.2 Å². The van der Waals surface area contributed by atoms with Crippen LogP contribution in [0.5, 0.6) is 0 Å². The van der Waals surface area contributed by atoms with Crippen molar-refractivity contribution >= 4 is 21.7 Å². The van der Waals surface area contributed by atoms with E-state index in [0.717, 1.165) is 4.31 Å². The van der Waals surface area contributed by atoms with Crippen LogP contribution in [0.4, 0.5) is 14.5 Å². The zero-order chi connectivity index (χ0) is 16.5. The van der Waals surface area contributed by atoms with Gasteiger partial charge in [-0.15, -0.1) is 0 Å². The second-order valence-electron chi connectivity index (χ2n) is 4.43. The number of benzene rings is 2. The van der Waals surface area contributed by atoms with Crippen LogP contribution in [0.3, 0.4) is 0 Å². The number of halogens is 2. The molecule has 2 aromatic carbocycles. The average molecular weight is 327 g/mol. The summed E-state index contributed by atoms with van der Waals surface area (Å²) < 4.78 is 51.8. The van der Waals surface area contributed by atoms with Crippen molar-refractivity contribution in [2.24, 2.45) is 0 Å². The molecule has 2 rings (SSSR count). The summed E-state index contributed by atoms with van der Waals surface area (Å²) in [7, 11) is -2.96. The largest absolute Gasteiger partial charge is 0.478 e. The number of carboxylic acids is 1. The van der Waals surface area contributed by atoms with Gasteiger partial charge in [0.15, 0.2) is 0 Å². The molecule has 0 unspecified atom stereocenters. The summed E-state index contributed by atoms with van der Waals surface area (Å²) in [6.07, 6.45) is 0. The second-order valence-corrected chi connectivity index (χ2v) is 6.40. The molecule has 0 spiro atoms. The molecular weight excluding hydrogens is 316 g/mol. The predicted molar refractivity (Wildman–Crippen MR) is 75.3 cm³/mol. The number of hydrogen-bond donors (Lipinski definition) is 1. The van der Waals surface area contributed by atoms with E-state index < -0.39 is 32.5 Å². The molecule has 0 radical (unpaired) electrons. The standard InChI is InChI=1S/C14H11F2NO4S/c1-17(12-4-2-9(3-5-12)14(18)19)22(20,21)13-7-10(15)6-11(16)8-13/h2-8H,1H3,(H,18,19). The second kappa shape index (κ2) is 5.72. The van der Waals surface area contributed by atoms with Crippen molar-refractivity contribution in [2.75, 3.05) is 11.4 Å². The summed E-state index contributed by atoms with van der Waals surface area (Å²) >= 11 is 0. The number of carbonyl (C=O) groups is 1. The van der Waals surface area contributed by atoms with Gasteiger partial charge < -0.3 is 5.11 Å². The average Bonchev–Trinajstić information content (AvgIpc) is 2.45. The van der Waals surface area contributed by atoms with Gasteiger partial charge in [-0.3, -0.25) is 4.31 Å². The van der Waals surface area contributed by atoms with Crippen LogP contribution in [0.2, 0.25) is 0 Å². The van der Waals surface area contributed by atoms with E-state index in [1.807, 2.05) is 0 Å². The molecule has 0 bridgehead atoms. The molecule has 0 saturated carbocycles. The smallest absolute Gasteiger partial charge is 0.335 e. The molecule has 0 aliphatic rings. The van der Waals surface area contributed by atoms with E-state index in [9.17, 15) is 22.0 Å². The summed E-state index contributed by atoms with van der Waals surface area (Å²) in [6, 6.07) is 7.03. The lowest BCUT2D eigenvalue weighted by Gasteiger charge is -2.19. The van der Waals surface area contributed by atoms with Crippen molar-refractivity contribution < 1.29 is 27.1 Å². The summed E-state index contributed by atoms with van der Waals surface area (Å²) in [6.45, 7) is 0. The van der Waals surface area contributed by atoms with E-state index in [2.05, 4.69) is 0 Å². The molecule has 0 atom stereocenters. The van der Waals surface area contributed by atoms with Gasteiger partial charge in [0.25, 0.3) is 10.0 Å². The lowest BCUT2D eigenvalue weighted by molar-refractivity contribution is 0.0697. The third-order valence-corrected chi connectivity index (χ3v) is 4.74. The predicted octanol–water partition coefficient (Wildman–Crippen LogP) is 2.49. The Morgan fingerprint density at radius 3 is 2.00 bits per heavy atom. The fourth-order valence-electron chi connectivity index (χ4n) is 1.79. The Bertz CT molecular complexity index is 799. The highest BCUT2D eigenvalue weighted by molar-refractivity contribution is 7.92. The Kier molecular flexibility index (Phi) is 4.14. The molecule has 116 valence electrons. The molecule has 0 aliphatic heterocycles. The minimum absolute atomic E-state index is 0.00801. The molecule has 2 aromatic rings. The van der Waals surface area contributed by atoms with E-state index in [-0.39, 0.29) is 11.3 Å². The van der Waals surface area contributed by atoms with Crippen molar-refractivity contribution in [1.82, 2.24) is 0 Å². The quantitative estimate of drug-likeness (QED) is 0.936. The van der Waals surface area contributed by atoms with Crippen molar-refractivity contribution in [3.63, 3.8) is 0 Å². The summed E-state index contributed by atoms with van der Waals surface area (Å²) in [5.74, 6) is -3.16. The van der Waals surface area contributed by atoms with Gasteiger partial charge in [-0.05, 0) is 36.4 Å². The normalized spacial score (nSPS) is 11.2. The molecule has 1 N–H and O–H groups in total. The number of nitrogens with zero attached hydrogens (tertiary/aromatic N) is 1. The van der Waals surface area contributed by atoms with Crippen LogP contribution < -0.4 is 4.31 Å². The third kappa shape index (κ3) is 3.06. The number of sulfonamides is 1. The van der Waals surface area contributed by atoms with E-state index in [4.69, 9.17) is 5.11 Å². The molecule has 0 aromatic heterocycles. The maximum Gasteiger partial charge on any atom is 0.335 e. The highest BCUT2D eigenvalue weighted by Crippen LogP contribution is 2.23. The minimum atomic E-state index is -4.16. The molecule has 5 nitrogen and oxygen atoms in total. The Hall–Kier alpha value is -2.48. The lowest BCUT2D eigenvalue weighted by Crippen LogP contribution is -2.26. The first-order chi connectivity index (χ1) is 10.2.